The Kier molecular flexibility index (Phi) is 2.78. The smallest absolute Gasteiger partial charge is 0.0541 e. The highest BCUT2D eigenvalue weighted by Crippen LogP contribution is 2.32. The first-order valence-electron chi connectivity index (χ1n) is 7.46. The number of para-hydroxylation sites is 3. The number of fused-ring (bicyclic) bond motifs is 3. The Morgan fingerprint density at radius 1 is 0.667 bits per heavy atom. The first-order chi connectivity index (χ1) is 10.4. The van der Waals surface area contributed by atoms with Crippen LogP contribution in [0.5, 0.6) is 0 Å². The van der Waals surface area contributed by atoms with Gasteiger partial charge in [0.2, 0.25) is 0 Å². The van der Waals surface area contributed by atoms with Crippen LogP contribution in [0.4, 0.5) is 0 Å². The van der Waals surface area contributed by atoms with Gasteiger partial charge in [-0.2, -0.15) is 0 Å². The van der Waals surface area contributed by atoms with Gasteiger partial charge in [-0.1, -0.05) is 61.5 Å². The number of nitrogens with zero attached hydrogens (tertiary/aromatic N) is 1. The van der Waals surface area contributed by atoms with Crippen molar-refractivity contribution in [1.82, 2.24) is 4.57 Å². The van der Waals surface area contributed by atoms with E-state index in [-0.39, 0.29) is 0 Å². The molecule has 1 aromatic heterocycles. The molecular weight excluding hydrogens is 254 g/mol. The zero-order chi connectivity index (χ0) is 14.2. The van der Waals surface area contributed by atoms with Gasteiger partial charge in [0.15, 0.2) is 0 Å². The summed E-state index contributed by atoms with van der Waals surface area (Å²) in [7, 11) is 0. The van der Waals surface area contributed by atoms with Crippen LogP contribution < -0.4 is 0 Å². The number of rotatable bonds is 2. The second kappa shape index (κ2) is 4.78. The molecule has 0 aliphatic rings. The summed E-state index contributed by atoms with van der Waals surface area (Å²) in [4.78, 5) is 0. The van der Waals surface area contributed by atoms with Crippen molar-refractivity contribution >= 4 is 21.8 Å². The van der Waals surface area contributed by atoms with Gasteiger partial charge < -0.3 is 4.57 Å². The molecule has 0 atom stereocenters. The lowest BCUT2D eigenvalue weighted by Crippen LogP contribution is -1.98. The zero-order valence-electron chi connectivity index (χ0n) is 12.1. The molecular formula is C20H17N. The highest BCUT2D eigenvalue weighted by molar-refractivity contribution is 6.09. The van der Waals surface area contributed by atoms with Gasteiger partial charge in [-0.05, 0) is 30.2 Å². The fourth-order valence-corrected chi connectivity index (χ4v) is 3.21. The Morgan fingerprint density at radius 2 is 1.19 bits per heavy atom. The van der Waals surface area contributed by atoms with Gasteiger partial charge in [0, 0.05) is 16.5 Å². The van der Waals surface area contributed by atoms with Crippen molar-refractivity contribution in [3.63, 3.8) is 0 Å². The molecule has 1 nitrogen and oxygen atoms in total. The fourth-order valence-electron chi connectivity index (χ4n) is 3.21. The minimum atomic E-state index is 1.04. The molecule has 4 aromatic rings. The van der Waals surface area contributed by atoms with Gasteiger partial charge in [0.25, 0.3) is 0 Å². The molecule has 0 N–H and O–H groups in total. The van der Waals surface area contributed by atoms with Crippen LogP contribution in [0.2, 0.25) is 0 Å². The van der Waals surface area contributed by atoms with E-state index in [9.17, 15) is 0 Å². The van der Waals surface area contributed by atoms with Gasteiger partial charge in [0.1, 0.15) is 0 Å². The Labute approximate surface area is 124 Å². The maximum absolute atomic E-state index is 2.39. The molecule has 0 aliphatic heterocycles. The van der Waals surface area contributed by atoms with Crippen LogP contribution in [0.3, 0.4) is 0 Å². The van der Waals surface area contributed by atoms with Gasteiger partial charge in [-0.3, -0.25) is 0 Å². The van der Waals surface area contributed by atoms with E-state index in [4.69, 9.17) is 0 Å². The molecule has 1 heterocycles. The second-order valence-electron chi connectivity index (χ2n) is 5.35. The molecule has 4 rings (SSSR count). The van der Waals surface area contributed by atoms with Crippen molar-refractivity contribution in [2.45, 2.75) is 13.3 Å². The summed E-state index contributed by atoms with van der Waals surface area (Å²) in [6.45, 7) is 2.21. The minimum Gasteiger partial charge on any atom is -0.309 e. The third-order valence-corrected chi connectivity index (χ3v) is 4.19. The lowest BCUT2D eigenvalue weighted by molar-refractivity contribution is 1.07. The molecule has 0 unspecified atom stereocenters. The zero-order valence-corrected chi connectivity index (χ0v) is 12.1. The van der Waals surface area contributed by atoms with E-state index in [1.54, 1.807) is 0 Å². The van der Waals surface area contributed by atoms with Crippen molar-refractivity contribution < 1.29 is 0 Å². The van der Waals surface area contributed by atoms with Crippen molar-refractivity contribution in [2.24, 2.45) is 0 Å². The summed E-state index contributed by atoms with van der Waals surface area (Å²) in [6.07, 6.45) is 1.04. The summed E-state index contributed by atoms with van der Waals surface area (Å²) in [5, 5.41) is 2.64. The fraction of sp³-hybridized carbons (Fsp3) is 0.100. The lowest BCUT2D eigenvalue weighted by atomic mass is 10.1. The Bertz CT molecular complexity index is 878. The van der Waals surface area contributed by atoms with Crippen LogP contribution in [0.15, 0.2) is 72.8 Å². The monoisotopic (exact) mass is 271 g/mol. The number of benzene rings is 3. The Hall–Kier alpha value is -2.54. The largest absolute Gasteiger partial charge is 0.309 e. The Morgan fingerprint density at radius 3 is 1.81 bits per heavy atom. The quantitative estimate of drug-likeness (QED) is 0.463. The lowest BCUT2D eigenvalue weighted by Gasteiger charge is -2.12. The van der Waals surface area contributed by atoms with Crippen molar-refractivity contribution in [2.75, 3.05) is 0 Å². The third kappa shape index (κ3) is 1.78. The van der Waals surface area contributed by atoms with Crippen LogP contribution in [0.25, 0.3) is 27.5 Å². The summed E-state index contributed by atoms with van der Waals surface area (Å²) in [5.74, 6) is 0. The highest BCUT2D eigenvalue weighted by atomic mass is 15.0. The molecule has 21 heavy (non-hydrogen) atoms. The van der Waals surface area contributed by atoms with Crippen molar-refractivity contribution in [3.8, 4) is 5.69 Å². The molecule has 0 spiro atoms. The van der Waals surface area contributed by atoms with Gasteiger partial charge in [-0.25, -0.2) is 0 Å². The van der Waals surface area contributed by atoms with E-state index < -0.39 is 0 Å². The van der Waals surface area contributed by atoms with E-state index in [1.165, 1.54) is 33.1 Å². The van der Waals surface area contributed by atoms with Crippen LogP contribution in [-0.4, -0.2) is 4.57 Å². The predicted octanol–water partition coefficient (Wildman–Crippen LogP) is 5.35. The summed E-state index contributed by atoms with van der Waals surface area (Å²) < 4.78 is 2.39. The first-order valence-corrected chi connectivity index (χ1v) is 7.46. The van der Waals surface area contributed by atoms with Crippen molar-refractivity contribution in [1.29, 1.82) is 0 Å². The van der Waals surface area contributed by atoms with Gasteiger partial charge >= 0.3 is 0 Å². The number of aryl methyl sites for hydroxylation is 1. The number of hydrogen-bond acceptors (Lipinski definition) is 0. The van der Waals surface area contributed by atoms with E-state index in [1.807, 2.05) is 0 Å². The molecule has 0 saturated heterocycles. The maximum atomic E-state index is 2.39. The SMILES string of the molecule is CCc1ccccc1-n1c2ccccc2c2ccccc21. The Balaban J connectivity index is 2.20. The van der Waals surface area contributed by atoms with E-state index in [0.29, 0.717) is 0 Å². The molecule has 0 amide bonds. The van der Waals surface area contributed by atoms with Gasteiger partial charge in [0.05, 0.1) is 11.0 Å². The van der Waals surface area contributed by atoms with Crippen LogP contribution in [-0.2, 0) is 6.42 Å². The average Bonchev–Trinajstić information content (AvgIpc) is 2.89. The van der Waals surface area contributed by atoms with Crippen LogP contribution >= 0.6 is 0 Å². The summed E-state index contributed by atoms with van der Waals surface area (Å²) in [6, 6.07) is 26.0. The average molecular weight is 271 g/mol. The molecule has 3 aromatic carbocycles. The predicted molar refractivity (Wildman–Crippen MR) is 90.2 cm³/mol. The van der Waals surface area contributed by atoms with Gasteiger partial charge in [-0.15, -0.1) is 0 Å². The van der Waals surface area contributed by atoms with Crippen LogP contribution in [0, 0.1) is 0 Å². The molecule has 0 fully saturated rings. The third-order valence-electron chi connectivity index (χ3n) is 4.19. The highest BCUT2D eigenvalue weighted by Gasteiger charge is 2.12. The van der Waals surface area contributed by atoms with E-state index in [0.717, 1.165) is 6.42 Å². The summed E-state index contributed by atoms with van der Waals surface area (Å²) in [5.41, 5.74) is 5.22. The minimum absolute atomic E-state index is 1.04. The number of hydrogen-bond donors (Lipinski definition) is 0. The molecule has 0 aliphatic carbocycles. The van der Waals surface area contributed by atoms with E-state index in [2.05, 4.69) is 84.3 Å². The molecule has 0 radical (unpaired) electrons. The van der Waals surface area contributed by atoms with Crippen LogP contribution in [0.1, 0.15) is 12.5 Å². The standard InChI is InChI=1S/C20H17N/c1-2-15-9-3-6-12-18(15)21-19-13-7-4-10-16(19)17-11-5-8-14-20(17)21/h3-14H,2H2,1H3. The van der Waals surface area contributed by atoms with Crippen molar-refractivity contribution in [3.05, 3.63) is 78.4 Å². The molecule has 102 valence electrons. The molecule has 0 saturated carbocycles. The first kappa shape index (κ1) is 12.2. The molecule has 0 bridgehead atoms. The normalized spacial score (nSPS) is 11.3. The molecule has 1 heteroatoms. The van der Waals surface area contributed by atoms with E-state index >= 15 is 0 Å². The topological polar surface area (TPSA) is 4.93 Å². The summed E-state index contributed by atoms with van der Waals surface area (Å²) >= 11 is 0. The maximum Gasteiger partial charge on any atom is 0.0541 e. The number of aromatic nitrogens is 1. The second-order valence-corrected chi connectivity index (χ2v) is 5.35.